The van der Waals surface area contributed by atoms with Gasteiger partial charge in [-0.1, -0.05) is 40.6 Å². The van der Waals surface area contributed by atoms with Crippen molar-refractivity contribution in [3.05, 3.63) is 27.2 Å². The monoisotopic (exact) mass is 195 g/mol. The van der Waals surface area contributed by atoms with Gasteiger partial charge in [0.25, 0.3) is 0 Å². The van der Waals surface area contributed by atoms with Crippen molar-refractivity contribution in [2.75, 3.05) is 0 Å². The van der Waals surface area contributed by atoms with E-state index in [9.17, 15) is 5.11 Å². The Hall–Kier alpha value is -0.110. The Morgan fingerprint density at radius 1 is 1.00 bits per heavy atom. The Morgan fingerprint density at radius 3 is 1.80 bits per heavy atom. The first-order valence-electron chi connectivity index (χ1n) is 2.43. The molecular weight excluding hydrogens is 194 g/mol. The van der Waals surface area contributed by atoms with E-state index in [1.807, 2.05) is 0 Å². The molecule has 1 rings (SSSR count). The molecule has 0 atom stereocenters. The molecule has 0 bridgehead atoms. The maximum atomic E-state index is 10.8. The molecule has 54 valence electrons. The maximum absolute atomic E-state index is 10.8. The average Bonchev–Trinajstić information content (AvgIpc) is 1.82. The SMILES string of the molecule is [O-]c1c(Cl)cc(Cl)cc1Cl. The zero-order chi connectivity index (χ0) is 7.72. The van der Waals surface area contributed by atoms with Crippen molar-refractivity contribution in [2.24, 2.45) is 0 Å². The summed E-state index contributed by atoms with van der Waals surface area (Å²) in [6, 6.07) is 2.72. The second-order valence-electron chi connectivity index (χ2n) is 1.70. The van der Waals surface area contributed by atoms with Crippen LogP contribution in [0.1, 0.15) is 0 Å². The van der Waals surface area contributed by atoms with Crippen molar-refractivity contribution in [3.63, 3.8) is 0 Å². The second-order valence-corrected chi connectivity index (χ2v) is 2.95. The standard InChI is InChI=1S/C6H3Cl3O/c7-3-1-4(8)6(10)5(9)2-3/h1-2,10H/p-1. The third-order valence-corrected chi connectivity index (χ3v) is 1.74. The van der Waals surface area contributed by atoms with E-state index in [-0.39, 0.29) is 15.8 Å². The smallest absolute Gasteiger partial charge is 0.0435 e. The highest BCUT2D eigenvalue weighted by atomic mass is 35.5. The summed E-state index contributed by atoms with van der Waals surface area (Å²) in [5, 5.41) is 11.3. The third kappa shape index (κ3) is 1.48. The topological polar surface area (TPSA) is 23.1 Å². The van der Waals surface area contributed by atoms with Crippen molar-refractivity contribution in [1.29, 1.82) is 0 Å². The summed E-state index contributed by atoms with van der Waals surface area (Å²) in [5.74, 6) is -0.382. The highest BCUT2D eigenvalue weighted by molar-refractivity contribution is 6.40. The van der Waals surface area contributed by atoms with Gasteiger partial charge in [0.05, 0.1) is 0 Å². The minimum absolute atomic E-state index is 0.0532. The minimum Gasteiger partial charge on any atom is -0.870 e. The summed E-state index contributed by atoms with van der Waals surface area (Å²) in [4.78, 5) is 0. The lowest BCUT2D eigenvalue weighted by atomic mass is 10.3. The van der Waals surface area contributed by atoms with Crippen LogP contribution in [-0.4, -0.2) is 0 Å². The summed E-state index contributed by atoms with van der Waals surface area (Å²) in [6.07, 6.45) is 0. The number of hydrogen-bond donors (Lipinski definition) is 0. The molecule has 1 aromatic rings. The normalized spacial score (nSPS) is 9.90. The first-order chi connectivity index (χ1) is 4.61. The minimum atomic E-state index is -0.382. The summed E-state index contributed by atoms with van der Waals surface area (Å²) >= 11 is 16.4. The molecule has 0 aliphatic rings. The lowest BCUT2D eigenvalue weighted by Gasteiger charge is -2.09. The molecule has 0 aliphatic heterocycles. The summed E-state index contributed by atoms with van der Waals surface area (Å²) in [6.45, 7) is 0. The summed E-state index contributed by atoms with van der Waals surface area (Å²) in [5.41, 5.74) is 0. The zero-order valence-corrected chi connectivity index (χ0v) is 6.96. The van der Waals surface area contributed by atoms with Gasteiger partial charge < -0.3 is 5.11 Å². The van der Waals surface area contributed by atoms with Crippen LogP contribution < -0.4 is 5.11 Å². The molecule has 0 spiro atoms. The van der Waals surface area contributed by atoms with Crippen LogP contribution in [0.2, 0.25) is 15.1 Å². The van der Waals surface area contributed by atoms with Crippen molar-refractivity contribution < 1.29 is 5.11 Å². The molecule has 0 amide bonds. The fourth-order valence-corrected chi connectivity index (χ4v) is 1.35. The molecule has 0 fully saturated rings. The zero-order valence-electron chi connectivity index (χ0n) is 4.70. The van der Waals surface area contributed by atoms with Crippen molar-refractivity contribution in [3.8, 4) is 5.75 Å². The lowest BCUT2D eigenvalue weighted by Crippen LogP contribution is -1.91. The molecule has 0 saturated carbocycles. The fraction of sp³-hybridized carbons (Fsp3) is 0. The molecule has 1 aromatic carbocycles. The Morgan fingerprint density at radius 2 is 1.40 bits per heavy atom. The Kier molecular flexibility index (Phi) is 2.29. The quantitative estimate of drug-likeness (QED) is 0.626. The Bertz CT molecular complexity index is 236. The van der Waals surface area contributed by atoms with Crippen LogP contribution in [0.5, 0.6) is 5.75 Å². The van der Waals surface area contributed by atoms with Gasteiger partial charge in [-0.25, -0.2) is 0 Å². The fourth-order valence-electron chi connectivity index (χ4n) is 0.529. The number of benzene rings is 1. The van der Waals surface area contributed by atoms with Crippen LogP contribution >= 0.6 is 34.8 Å². The molecular formula is C6H2Cl3O-. The van der Waals surface area contributed by atoms with Crippen molar-refractivity contribution in [2.45, 2.75) is 0 Å². The third-order valence-electron chi connectivity index (χ3n) is 0.963. The van der Waals surface area contributed by atoms with E-state index >= 15 is 0 Å². The van der Waals surface area contributed by atoms with E-state index in [1.54, 1.807) is 0 Å². The van der Waals surface area contributed by atoms with Gasteiger partial charge in [0.1, 0.15) is 0 Å². The van der Waals surface area contributed by atoms with Crippen LogP contribution in [0.15, 0.2) is 12.1 Å². The van der Waals surface area contributed by atoms with Gasteiger partial charge in [-0.15, -0.1) is 0 Å². The summed E-state index contributed by atoms with van der Waals surface area (Å²) in [7, 11) is 0. The van der Waals surface area contributed by atoms with Crippen LogP contribution in [0, 0.1) is 0 Å². The first kappa shape index (κ1) is 7.99. The predicted molar refractivity (Wildman–Crippen MR) is 40.9 cm³/mol. The molecule has 0 aliphatic carbocycles. The average molecular weight is 196 g/mol. The lowest BCUT2D eigenvalue weighted by molar-refractivity contribution is -0.268. The molecule has 0 saturated heterocycles. The molecule has 0 aromatic heterocycles. The largest absolute Gasteiger partial charge is 0.870 e. The van der Waals surface area contributed by atoms with Gasteiger partial charge in [0, 0.05) is 15.1 Å². The Balaban J connectivity index is 3.31. The van der Waals surface area contributed by atoms with Gasteiger partial charge in [0.15, 0.2) is 0 Å². The molecule has 1 nitrogen and oxygen atoms in total. The van der Waals surface area contributed by atoms with Crippen LogP contribution in [0.25, 0.3) is 0 Å². The second kappa shape index (κ2) is 2.87. The van der Waals surface area contributed by atoms with E-state index in [4.69, 9.17) is 34.8 Å². The van der Waals surface area contributed by atoms with Gasteiger partial charge in [0.2, 0.25) is 0 Å². The van der Waals surface area contributed by atoms with Gasteiger partial charge >= 0.3 is 0 Å². The molecule has 0 N–H and O–H groups in total. The molecule has 0 unspecified atom stereocenters. The molecule has 0 heterocycles. The van der Waals surface area contributed by atoms with Crippen LogP contribution in [0.4, 0.5) is 0 Å². The maximum Gasteiger partial charge on any atom is 0.0435 e. The van der Waals surface area contributed by atoms with Gasteiger partial charge in [-0.3, -0.25) is 0 Å². The van der Waals surface area contributed by atoms with Crippen molar-refractivity contribution >= 4 is 34.8 Å². The molecule has 10 heavy (non-hydrogen) atoms. The van der Waals surface area contributed by atoms with Crippen molar-refractivity contribution in [1.82, 2.24) is 0 Å². The number of rotatable bonds is 0. The molecule has 4 heteroatoms. The van der Waals surface area contributed by atoms with Gasteiger partial charge in [-0.2, -0.15) is 0 Å². The van der Waals surface area contributed by atoms with E-state index in [2.05, 4.69) is 0 Å². The highest BCUT2D eigenvalue weighted by Gasteiger charge is 1.96. The summed E-state index contributed by atoms with van der Waals surface area (Å²) < 4.78 is 0. The Labute approximate surface area is 73.1 Å². The number of hydrogen-bond acceptors (Lipinski definition) is 1. The first-order valence-corrected chi connectivity index (χ1v) is 3.56. The van der Waals surface area contributed by atoms with Crippen LogP contribution in [-0.2, 0) is 0 Å². The van der Waals surface area contributed by atoms with E-state index in [0.717, 1.165) is 0 Å². The highest BCUT2D eigenvalue weighted by Crippen LogP contribution is 2.31. The van der Waals surface area contributed by atoms with E-state index < -0.39 is 0 Å². The predicted octanol–water partition coefficient (Wildman–Crippen LogP) is 2.72. The van der Waals surface area contributed by atoms with Gasteiger partial charge in [-0.05, 0) is 12.1 Å². The number of halogens is 3. The van der Waals surface area contributed by atoms with E-state index in [1.165, 1.54) is 12.1 Å². The molecule has 0 radical (unpaired) electrons. The van der Waals surface area contributed by atoms with E-state index in [0.29, 0.717) is 5.02 Å². The van der Waals surface area contributed by atoms with Crippen LogP contribution in [0.3, 0.4) is 0 Å².